The third-order valence-corrected chi connectivity index (χ3v) is 7.13. The Kier molecular flexibility index (Phi) is 5.47. The number of unbranched alkanes of at least 4 members (excludes halogenated alkanes) is 1. The molecule has 0 saturated carbocycles. The average molecular weight is 433 g/mol. The quantitative estimate of drug-likeness (QED) is 0.365. The summed E-state index contributed by atoms with van der Waals surface area (Å²) in [7, 11) is 0. The molecule has 1 aliphatic carbocycles. The monoisotopic (exact) mass is 432 g/mol. The van der Waals surface area contributed by atoms with Gasteiger partial charge in [-0.15, -0.1) is 0 Å². The Morgan fingerprint density at radius 1 is 0.714 bits per heavy atom. The van der Waals surface area contributed by atoms with Crippen molar-refractivity contribution in [1.29, 1.82) is 0 Å². The van der Waals surface area contributed by atoms with Gasteiger partial charge in [0.2, 0.25) is 0 Å². The summed E-state index contributed by atoms with van der Waals surface area (Å²) in [5, 5.41) is 0. The topological polar surface area (TPSA) is 0 Å². The molecule has 3 aromatic rings. The SMILES string of the molecule is CCCCc1ccc(-c2ccc3c(c2)C(CC)(CC)c2cc(Br)ccc2-3)cc1. The maximum Gasteiger partial charge on any atom is 0.0210 e. The van der Waals surface area contributed by atoms with Crippen LogP contribution in [-0.2, 0) is 11.8 Å². The van der Waals surface area contributed by atoms with Gasteiger partial charge in [0.05, 0.1) is 0 Å². The van der Waals surface area contributed by atoms with E-state index in [2.05, 4.69) is 97.4 Å². The van der Waals surface area contributed by atoms with Crippen LogP contribution in [0.1, 0.15) is 63.1 Å². The van der Waals surface area contributed by atoms with Gasteiger partial charge < -0.3 is 0 Å². The molecule has 0 unspecified atom stereocenters. The van der Waals surface area contributed by atoms with Gasteiger partial charge in [-0.2, -0.15) is 0 Å². The zero-order valence-electron chi connectivity index (χ0n) is 17.2. The van der Waals surface area contributed by atoms with E-state index < -0.39 is 0 Å². The maximum atomic E-state index is 3.70. The molecule has 1 aliphatic rings. The van der Waals surface area contributed by atoms with E-state index in [1.165, 1.54) is 62.7 Å². The number of halogens is 1. The molecule has 0 fully saturated rings. The summed E-state index contributed by atoms with van der Waals surface area (Å²) in [4.78, 5) is 0. The molecule has 0 atom stereocenters. The second kappa shape index (κ2) is 7.87. The van der Waals surface area contributed by atoms with Crippen molar-refractivity contribution in [3.05, 3.63) is 81.8 Å². The fourth-order valence-electron chi connectivity index (χ4n) is 4.90. The van der Waals surface area contributed by atoms with Crippen LogP contribution in [0.25, 0.3) is 22.3 Å². The molecule has 1 heteroatoms. The van der Waals surface area contributed by atoms with E-state index >= 15 is 0 Å². The highest BCUT2D eigenvalue weighted by atomic mass is 79.9. The lowest BCUT2D eigenvalue weighted by atomic mass is 9.73. The molecule has 0 N–H and O–H groups in total. The molecule has 0 aromatic heterocycles. The standard InChI is InChI=1S/C27H29Br/c1-4-7-8-19-9-11-20(12-10-19)21-13-15-23-24-16-14-22(28)18-26(24)27(5-2,6-3)25(23)17-21/h9-18H,4-8H2,1-3H3. The first-order chi connectivity index (χ1) is 13.6. The Labute approximate surface area is 178 Å². The molecule has 0 saturated heterocycles. The molecule has 0 aliphatic heterocycles. The highest BCUT2D eigenvalue weighted by Gasteiger charge is 2.40. The number of fused-ring (bicyclic) bond motifs is 3. The van der Waals surface area contributed by atoms with Gasteiger partial charge in [0.1, 0.15) is 0 Å². The van der Waals surface area contributed by atoms with E-state index in [0.717, 1.165) is 12.8 Å². The van der Waals surface area contributed by atoms with Crippen LogP contribution in [0, 0.1) is 0 Å². The summed E-state index contributed by atoms with van der Waals surface area (Å²) in [5.41, 5.74) is 10.0. The zero-order valence-corrected chi connectivity index (χ0v) is 18.8. The fraction of sp³-hybridized carbons (Fsp3) is 0.333. The first kappa shape index (κ1) is 19.5. The van der Waals surface area contributed by atoms with Gasteiger partial charge in [-0.05, 0) is 82.8 Å². The summed E-state index contributed by atoms with van der Waals surface area (Å²) in [6.45, 7) is 6.92. The van der Waals surface area contributed by atoms with Crippen LogP contribution < -0.4 is 0 Å². The minimum absolute atomic E-state index is 0.117. The minimum Gasteiger partial charge on any atom is -0.0654 e. The molecule has 28 heavy (non-hydrogen) atoms. The van der Waals surface area contributed by atoms with Crippen molar-refractivity contribution >= 4 is 15.9 Å². The summed E-state index contributed by atoms with van der Waals surface area (Å²) >= 11 is 3.70. The molecular weight excluding hydrogens is 404 g/mol. The lowest BCUT2D eigenvalue weighted by Crippen LogP contribution is -2.23. The molecule has 0 amide bonds. The van der Waals surface area contributed by atoms with Crippen molar-refractivity contribution in [2.45, 2.75) is 58.3 Å². The third kappa shape index (κ3) is 3.14. The number of hydrogen-bond donors (Lipinski definition) is 0. The highest BCUT2D eigenvalue weighted by Crippen LogP contribution is 2.53. The molecule has 0 radical (unpaired) electrons. The summed E-state index contributed by atoms with van der Waals surface area (Å²) in [6, 6.07) is 23.1. The third-order valence-electron chi connectivity index (χ3n) is 6.64. The molecule has 0 bridgehead atoms. The van der Waals surface area contributed by atoms with Gasteiger partial charge in [0.25, 0.3) is 0 Å². The largest absolute Gasteiger partial charge is 0.0654 e. The molecule has 0 spiro atoms. The minimum atomic E-state index is 0.117. The van der Waals surface area contributed by atoms with Crippen molar-refractivity contribution in [3.8, 4) is 22.3 Å². The van der Waals surface area contributed by atoms with Gasteiger partial charge in [-0.3, -0.25) is 0 Å². The van der Waals surface area contributed by atoms with Gasteiger partial charge in [-0.1, -0.05) is 85.6 Å². The number of benzene rings is 3. The van der Waals surface area contributed by atoms with Gasteiger partial charge in [0, 0.05) is 9.89 Å². The van der Waals surface area contributed by atoms with Crippen LogP contribution in [0.15, 0.2) is 65.1 Å². The van der Waals surface area contributed by atoms with Crippen molar-refractivity contribution in [1.82, 2.24) is 0 Å². The Balaban J connectivity index is 1.78. The van der Waals surface area contributed by atoms with Crippen molar-refractivity contribution in [2.24, 2.45) is 0 Å². The van der Waals surface area contributed by atoms with E-state index in [-0.39, 0.29) is 5.41 Å². The first-order valence-electron chi connectivity index (χ1n) is 10.7. The maximum absolute atomic E-state index is 3.70. The summed E-state index contributed by atoms with van der Waals surface area (Å²) in [5.74, 6) is 0. The number of rotatable bonds is 6. The second-order valence-electron chi connectivity index (χ2n) is 8.04. The van der Waals surface area contributed by atoms with E-state index in [9.17, 15) is 0 Å². The van der Waals surface area contributed by atoms with Crippen LogP contribution in [0.3, 0.4) is 0 Å². The van der Waals surface area contributed by atoms with Gasteiger partial charge in [-0.25, -0.2) is 0 Å². The average Bonchev–Trinajstić information content (AvgIpc) is 3.01. The van der Waals surface area contributed by atoms with E-state index in [4.69, 9.17) is 0 Å². The second-order valence-corrected chi connectivity index (χ2v) is 8.96. The van der Waals surface area contributed by atoms with Crippen LogP contribution in [-0.4, -0.2) is 0 Å². The van der Waals surface area contributed by atoms with Crippen LogP contribution in [0.2, 0.25) is 0 Å². The van der Waals surface area contributed by atoms with E-state index in [1.54, 1.807) is 0 Å². The smallest absolute Gasteiger partial charge is 0.0210 e. The number of hydrogen-bond acceptors (Lipinski definition) is 0. The Bertz CT molecular complexity index is 978. The molecule has 144 valence electrons. The van der Waals surface area contributed by atoms with Crippen LogP contribution in [0.5, 0.6) is 0 Å². The van der Waals surface area contributed by atoms with Crippen molar-refractivity contribution in [2.75, 3.05) is 0 Å². The molecule has 0 nitrogen and oxygen atoms in total. The zero-order chi connectivity index (χ0) is 19.7. The molecule has 3 aromatic carbocycles. The van der Waals surface area contributed by atoms with Crippen molar-refractivity contribution < 1.29 is 0 Å². The van der Waals surface area contributed by atoms with Crippen LogP contribution >= 0.6 is 15.9 Å². The highest BCUT2D eigenvalue weighted by molar-refractivity contribution is 9.10. The Morgan fingerprint density at radius 2 is 1.32 bits per heavy atom. The predicted molar refractivity (Wildman–Crippen MR) is 125 cm³/mol. The van der Waals surface area contributed by atoms with Crippen LogP contribution in [0.4, 0.5) is 0 Å². The molecule has 0 heterocycles. The summed E-state index contributed by atoms with van der Waals surface area (Å²) in [6.07, 6.45) is 5.94. The number of aryl methyl sites for hydroxylation is 1. The van der Waals surface area contributed by atoms with Gasteiger partial charge in [0.15, 0.2) is 0 Å². The Hall–Kier alpha value is -1.86. The molecule has 4 rings (SSSR count). The van der Waals surface area contributed by atoms with E-state index in [0.29, 0.717) is 0 Å². The molecular formula is C27H29Br. The fourth-order valence-corrected chi connectivity index (χ4v) is 5.26. The Morgan fingerprint density at radius 3 is 1.96 bits per heavy atom. The lowest BCUT2D eigenvalue weighted by molar-refractivity contribution is 0.490. The lowest BCUT2D eigenvalue weighted by Gasteiger charge is -2.30. The normalized spacial score (nSPS) is 14.0. The first-order valence-corrected chi connectivity index (χ1v) is 11.5. The summed E-state index contributed by atoms with van der Waals surface area (Å²) < 4.78 is 1.17. The van der Waals surface area contributed by atoms with E-state index in [1.807, 2.05) is 0 Å². The van der Waals surface area contributed by atoms with Gasteiger partial charge >= 0.3 is 0 Å². The predicted octanol–water partition coefficient (Wildman–Crippen LogP) is 8.55. The van der Waals surface area contributed by atoms with Crippen molar-refractivity contribution in [3.63, 3.8) is 0 Å².